The maximum Gasteiger partial charge on any atom is 0.268 e. The summed E-state index contributed by atoms with van der Waals surface area (Å²) in [4.78, 5) is 31.7. The number of aromatic nitrogens is 1. The highest BCUT2D eigenvalue weighted by Gasteiger charge is 2.39. The first-order valence-corrected chi connectivity index (χ1v) is 12.9. The predicted molar refractivity (Wildman–Crippen MR) is 135 cm³/mol. The molecule has 0 saturated carbocycles. The lowest BCUT2D eigenvalue weighted by Crippen LogP contribution is -2.41. The highest BCUT2D eigenvalue weighted by molar-refractivity contribution is 7.95. The van der Waals surface area contributed by atoms with Gasteiger partial charge in [0.05, 0.1) is 11.3 Å². The molecule has 1 aliphatic heterocycles. The molecule has 8 nitrogen and oxygen atoms in total. The summed E-state index contributed by atoms with van der Waals surface area (Å²) in [6, 6.07) is 8.27. The Kier molecular flexibility index (Phi) is 6.31. The van der Waals surface area contributed by atoms with E-state index in [1.807, 2.05) is 30.4 Å². The Bertz CT molecular complexity index is 1380. The largest absolute Gasteiger partial charge is 0.507 e. The Morgan fingerprint density at radius 3 is 2.63 bits per heavy atom. The van der Waals surface area contributed by atoms with Gasteiger partial charge in [0, 0.05) is 24.1 Å². The normalized spacial score (nSPS) is 19.5. The first kappa shape index (κ1) is 24.7. The van der Waals surface area contributed by atoms with Crippen molar-refractivity contribution >= 4 is 27.5 Å². The molecule has 1 atom stereocenters. The maximum atomic E-state index is 13.3. The minimum atomic E-state index is -4.36. The number of allylic oxidation sites excluding steroid dienone is 4. The molecule has 2 N–H and O–H groups in total. The fourth-order valence-corrected chi connectivity index (χ4v) is 5.90. The molecule has 0 radical (unpaired) electrons. The van der Waals surface area contributed by atoms with E-state index in [2.05, 4.69) is 6.92 Å². The van der Waals surface area contributed by atoms with Gasteiger partial charge in [-0.15, -0.1) is 0 Å². The molecule has 1 fully saturated rings. The summed E-state index contributed by atoms with van der Waals surface area (Å²) in [5.41, 5.74) is 1.65. The third-order valence-corrected chi connectivity index (χ3v) is 7.75. The molecule has 0 unspecified atom stereocenters. The lowest BCUT2D eigenvalue weighted by atomic mass is 9.97. The Balaban J connectivity index is 1.80. The molecule has 0 spiro atoms. The van der Waals surface area contributed by atoms with Crippen LogP contribution in [0.15, 0.2) is 53.5 Å². The molecular weight excluding hydrogens is 466 g/mol. The summed E-state index contributed by atoms with van der Waals surface area (Å²) in [7, 11) is -4.36. The maximum absolute atomic E-state index is 13.3. The van der Waals surface area contributed by atoms with Crippen molar-refractivity contribution in [2.75, 3.05) is 11.4 Å². The van der Waals surface area contributed by atoms with Crippen LogP contribution in [0.1, 0.15) is 49.5 Å². The van der Waals surface area contributed by atoms with Gasteiger partial charge in [-0.25, -0.2) is 18.1 Å². The van der Waals surface area contributed by atoms with Gasteiger partial charge in [0.1, 0.15) is 16.5 Å². The number of nitrogens with zero attached hydrogens (tertiary/aromatic N) is 2. The standard InChI is InChI=1S/C26H29N3O5S/c1-16-9-12-21(30)19(13-16)20-11-10-18(24(27-20)29-15-17(2)14-26(29,3)4)25(32)28-35(33,34)23-8-6-5-7-22(23)31/h5-6,8-13,17,30H,7,14-15H2,1-4H3,(H,28,32)/t17-/m0/s1. The lowest BCUT2D eigenvalue weighted by molar-refractivity contribution is -0.114. The summed E-state index contributed by atoms with van der Waals surface area (Å²) in [5.74, 6) is -0.732. The molecule has 184 valence electrons. The summed E-state index contributed by atoms with van der Waals surface area (Å²) in [6.45, 7) is 8.73. The van der Waals surface area contributed by atoms with Gasteiger partial charge in [0.25, 0.3) is 15.9 Å². The Hall–Kier alpha value is -3.46. The van der Waals surface area contributed by atoms with E-state index in [9.17, 15) is 23.1 Å². The molecule has 4 rings (SSSR count). The number of benzene rings is 1. The van der Waals surface area contributed by atoms with Gasteiger partial charge in [-0.05, 0) is 63.5 Å². The molecule has 2 aromatic rings. The molecule has 35 heavy (non-hydrogen) atoms. The number of amides is 1. The van der Waals surface area contributed by atoms with Crippen molar-refractivity contribution in [3.8, 4) is 17.0 Å². The van der Waals surface area contributed by atoms with Crippen molar-refractivity contribution in [1.29, 1.82) is 0 Å². The molecule has 1 aliphatic carbocycles. The van der Waals surface area contributed by atoms with Crippen LogP contribution in [0.3, 0.4) is 0 Å². The predicted octanol–water partition coefficient (Wildman–Crippen LogP) is 3.86. The van der Waals surface area contributed by atoms with Crippen molar-refractivity contribution in [3.05, 3.63) is 64.6 Å². The molecular formula is C26H29N3O5S. The van der Waals surface area contributed by atoms with Crippen LogP contribution in [0.25, 0.3) is 11.3 Å². The molecule has 0 bridgehead atoms. The number of hydrogen-bond acceptors (Lipinski definition) is 7. The second-order valence-electron chi connectivity index (χ2n) is 9.84. The minimum Gasteiger partial charge on any atom is -0.507 e. The number of rotatable bonds is 5. The van der Waals surface area contributed by atoms with E-state index >= 15 is 0 Å². The number of nitrogens with one attached hydrogen (secondary N) is 1. The number of aryl methyl sites for hydroxylation is 1. The number of aromatic hydroxyl groups is 1. The molecule has 1 aromatic carbocycles. The Morgan fingerprint density at radius 2 is 1.97 bits per heavy atom. The summed E-state index contributed by atoms with van der Waals surface area (Å²) < 4.78 is 27.7. The number of carbonyl (C=O) groups is 2. The zero-order valence-electron chi connectivity index (χ0n) is 20.2. The van der Waals surface area contributed by atoms with E-state index in [4.69, 9.17) is 4.98 Å². The van der Waals surface area contributed by atoms with Crippen molar-refractivity contribution in [2.24, 2.45) is 5.92 Å². The highest BCUT2D eigenvalue weighted by atomic mass is 32.2. The van der Waals surface area contributed by atoms with Crippen molar-refractivity contribution in [1.82, 2.24) is 9.71 Å². The van der Waals surface area contributed by atoms with Gasteiger partial charge in [-0.2, -0.15) is 0 Å². The van der Waals surface area contributed by atoms with E-state index < -0.39 is 26.6 Å². The van der Waals surface area contributed by atoms with Crippen molar-refractivity contribution in [3.63, 3.8) is 0 Å². The van der Waals surface area contributed by atoms with Gasteiger partial charge < -0.3 is 10.0 Å². The number of anilines is 1. The zero-order chi connectivity index (χ0) is 25.5. The number of Topliss-reactive ketones (excluding diaryl/α,β-unsaturated/α-hetero) is 1. The number of phenolic OH excluding ortho intramolecular Hbond substituents is 1. The van der Waals surface area contributed by atoms with Gasteiger partial charge in [0.15, 0.2) is 5.78 Å². The van der Waals surface area contributed by atoms with E-state index in [-0.39, 0.29) is 23.3 Å². The summed E-state index contributed by atoms with van der Waals surface area (Å²) in [5, 5.41) is 10.4. The molecule has 1 saturated heterocycles. The van der Waals surface area contributed by atoms with E-state index in [0.29, 0.717) is 29.5 Å². The number of ketones is 1. The average molecular weight is 496 g/mol. The Labute approximate surface area is 205 Å². The second kappa shape index (κ2) is 8.96. The van der Waals surface area contributed by atoms with Crippen LogP contribution in [-0.2, 0) is 14.8 Å². The van der Waals surface area contributed by atoms with Crippen LogP contribution < -0.4 is 9.62 Å². The number of sulfonamides is 1. The van der Waals surface area contributed by atoms with E-state index in [0.717, 1.165) is 12.0 Å². The smallest absolute Gasteiger partial charge is 0.268 e. The van der Waals surface area contributed by atoms with Crippen LogP contribution >= 0.6 is 0 Å². The van der Waals surface area contributed by atoms with Gasteiger partial charge >= 0.3 is 0 Å². The topological polar surface area (TPSA) is 117 Å². The van der Waals surface area contributed by atoms with E-state index in [1.54, 1.807) is 30.3 Å². The fourth-order valence-electron chi connectivity index (χ4n) is 4.79. The van der Waals surface area contributed by atoms with Crippen LogP contribution in [0.5, 0.6) is 5.75 Å². The van der Waals surface area contributed by atoms with E-state index in [1.165, 1.54) is 18.2 Å². The first-order chi connectivity index (χ1) is 16.4. The van der Waals surface area contributed by atoms with Crippen LogP contribution in [-0.4, -0.2) is 42.3 Å². The number of pyridine rings is 1. The highest BCUT2D eigenvalue weighted by Crippen LogP contribution is 2.39. The molecule has 9 heteroatoms. The fraction of sp³-hybridized carbons (Fsp3) is 0.346. The number of phenols is 1. The third kappa shape index (κ3) is 4.86. The van der Waals surface area contributed by atoms with Gasteiger partial charge in [0.2, 0.25) is 0 Å². The van der Waals surface area contributed by atoms with Crippen LogP contribution in [0.2, 0.25) is 0 Å². The van der Waals surface area contributed by atoms with Crippen molar-refractivity contribution in [2.45, 2.75) is 46.1 Å². The van der Waals surface area contributed by atoms with Crippen molar-refractivity contribution < 1.29 is 23.1 Å². The first-order valence-electron chi connectivity index (χ1n) is 11.4. The molecule has 1 aromatic heterocycles. The third-order valence-electron chi connectivity index (χ3n) is 6.35. The average Bonchev–Trinajstić information content (AvgIpc) is 3.06. The zero-order valence-corrected chi connectivity index (χ0v) is 21.0. The molecule has 1 amide bonds. The molecule has 2 heterocycles. The number of hydrogen-bond donors (Lipinski definition) is 2. The van der Waals surface area contributed by atoms with Gasteiger partial charge in [-0.1, -0.05) is 30.7 Å². The lowest BCUT2D eigenvalue weighted by Gasteiger charge is -2.34. The Morgan fingerprint density at radius 1 is 1.23 bits per heavy atom. The quantitative estimate of drug-likeness (QED) is 0.647. The van der Waals surface area contributed by atoms with Crippen LogP contribution in [0.4, 0.5) is 5.82 Å². The second-order valence-corrected chi connectivity index (χ2v) is 11.5. The number of carbonyl (C=O) groups excluding carboxylic acids is 2. The monoisotopic (exact) mass is 495 g/mol. The summed E-state index contributed by atoms with van der Waals surface area (Å²) >= 11 is 0. The SMILES string of the molecule is Cc1ccc(O)c(-c2ccc(C(=O)NS(=O)(=O)C3=CC=CCC3=O)c(N3C[C@@H](C)CC3(C)C)n2)c1. The van der Waals surface area contributed by atoms with Crippen LogP contribution in [0, 0.1) is 12.8 Å². The molecule has 2 aliphatic rings. The van der Waals surface area contributed by atoms with Gasteiger partial charge in [-0.3, -0.25) is 9.59 Å². The minimum absolute atomic E-state index is 0.0394. The summed E-state index contributed by atoms with van der Waals surface area (Å²) in [6.07, 6.45) is 5.05.